The lowest BCUT2D eigenvalue weighted by molar-refractivity contribution is 0.138. The molecule has 0 saturated heterocycles. The van der Waals surface area contributed by atoms with Crippen LogP contribution in [0.2, 0.25) is 0 Å². The quantitative estimate of drug-likeness (QED) is 0.564. The molecule has 98 valence electrons. The van der Waals surface area contributed by atoms with Crippen LogP contribution >= 0.6 is 11.8 Å². The maximum atomic E-state index is 5.54. The summed E-state index contributed by atoms with van der Waals surface area (Å²) in [6.07, 6.45) is 1.12. The number of aromatic nitrogens is 3. The fourth-order valence-corrected chi connectivity index (χ4v) is 2.04. The van der Waals surface area contributed by atoms with Gasteiger partial charge in [0.2, 0.25) is 0 Å². The van der Waals surface area contributed by atoms with Crippen molar-refractivity contribution in [2.75, 3.05) is 19.0 Å². The highest BCUT2D eigenvalue weighted by Crippen LogP contribution is 2.14. The van der Waals surface area contributed by atoms with Gasteiger partial charge in [0.1, 0.15) is 5.82 Å². The van der Waals surface area contributed by atoms with E-state index in [2.05, 4.69) is 24.0 Å². The Hall–Kier alpha value is -0.590. The summed E-state index contributed by atoms with van der Waals surface area (Å²) in [4.78, 5) is 0. The van der Waals surface area contributed by atoms with Crippen LogP contribution in [-0.4, -0.2) is 33.7 Å². The molecule has 2 N–H and O–H groups in total. The maximum Gasteiger partial charge on any atom is 0.191 e. The van der Waals surface area contributed by atoms with E-state index in [0.717, 1.165) is 36.4 Å². The summed E-state index contributed by atoms with van der Waals surface area (Å²) in [7, 11) is 1.93. The molecule has 1 heterocycles. The summed E-state index contributed by atoms with van der Waals surface area (Å²) < 4.78 is 7.47. The highest BCUT2D eigenvalue weighted by Gasteiger charge is 2.06. The molecule has 0 aromatic carbocycles. The molecule has 0 bridgehead atoms. The van der Waals surface area contributed by atoms with Gasteiger partial charge in [0, 0.05) is 19.4 Å². The number of hydrogen-bond acceptors (Lipinski definition) is 5. The summed E-state index contributed by atoms with van der Waals surface area (Å²) >= 11 is 1.65. The highest BCUT2D eigenvalue weighted by atomic mass is 32.2. The molecule has 1 rings (SSSR count). The van der Waals surface area contributed by atoms with Crippen molar-refractivity contribution < 1.29 is 4.74 Å². The van der Waals surface area contributed by atoms with Gasteiger partial charge >= 0.3 is 0 Å². The van der Waals surface area contributed by atoms with Gasteiger partial charge in [-0.1, -0.05) is 25.6 Å². The molecule has 1 aromatic rings. The molecule has 6 heteroatoms. The number of rotatable bonds is 8. The molecule has 0 aliphatic rings. The normalized spacial score (nSPS) is 11.4. The van der Waals surface area contributed by atoms with Crippen LogP contribution in [0.15, 0.2) is 5.16 Å². The first kappa shape index (κ1) is 14.5. The Morgan fingerprint density at radius 3 is 2.71 bits per heavy atom. The van der Waals surface area contributed by atoms with E-state index in [1.54, 1.807) is 11.8 Å². The molecular weight excluding hydrogens is 236 g/mol. The Morgan fingerprint density at radius 1 is 1.35 bits per heavy atom. The van der Waals surface area contributed by atoms with E-state index in [1.165, 1.54) is 0 Å². The van der Waals surface area contributed by atoms with Crippen LogP contribution < -0.4 is 5.73 Å². The molecule has 0 saturated carbocycles. The second-order valence-electron chi connectivity index (χ2n) is 4.31. The largest absolute Gasteiger partial charge is 0.381 e. The SMILES string of the molecule is CC(C)CCOCCSc1nnc(CN)n1C. The van der Waals surface area contributed by atoms with Gasteiger partial charge in [0.15, 0.2) is 5.16 Å². The van der Waals surface area contributed by atoms with Gasteiger partial charge in [-0.2, -0.15) is 0 Å². The topological polar surface area (TPSA) is 66.0 Å². The van der Waals surface area contributed by atoms with Crippen LogP contribution in [0.4, 0.5) is 0 Å². The van der Waals surface area contributed by atoms with Crippen LogP contribution in [0, 0.1) is 5.92 Å². The van der Waals surface area contributed by atoms with E-state index in [4.69, 9.17) is 10.5 Å². The van der Waals surface area contributed by atoms with Crippen molar-refractivity contribution in [2.24, 2.45) is 18.7 Å². The Labute approximate surface area is 107 Å². The molecule has 0 atom stereocenters. The average Bonchev–Trinajstić information content (AvgIpc) is 2.64. The van der Waals surface area contributed by atoms with E-state index in [9.17, 15) is 0 Å². The first-order valence-electron chi connectivity index (χ1n) is 5.94. The summed E-state index contributed by atoms with van der Waals surface area (Å²) in [5, 5.41) is 8.97. The van der Waals surface area contributed by atoms with Gasteiger partial charge < -0.3 is 15.0 Å². The van der Waals surface area contributed by atoms with Gasteiger partial charge in [-0.15, -0.1) is 10.2 Å². The number of hydrogen-bond donors (Lipinski definition) is 1. The lowest BCUT2D eigenvalue weighted by atomic mass is 10.1. The molecule has 0 radical (unpaired) electrons. The van der Waals surface area contributed by atoms with Crippen LogP contribution in [-0.2, 0) is 18.3 Å². The predicted molar refractivity (Wildman–Crippen MR) is 69.9 cm³/mol. The van der Waals surface area contributed by atoms with Crippen LogP contribution in [0.3, 0.4) is 0 Å². The minimum Gasteiger partial charge on any atom is -0.381 e. The first-order chi connectivity index (χ1) is 8.15. The van der Waals surface area contributed by atoms with Crippen LogP contribution in [0.1, 0.15) is 26.1 Å². The third-order valence-electron chi connectivity index (χ3n) is 2.41. The molecule has 0 aliphatic heterocycles. The van der Waals surface area contributed by atoms with E-state index in [1.807, 2.05) is 11.6 Å². The lowest BCUT2D eigenvalue weighted by Gasteiger charge is -2.06. The summed E-state index contributed by atoms with van der Waals surface area (Å²) in [6.45, 7) is 6.42. The number of nitrogens with two attached hydrogens (primary N) is 1. The number of nitrogens with zero attached hydrogens (tertiary/aromatic N) is 3. The standard InChI is InChI=1S/C11H22N4OS/c1-9(2)4-5-16-6-7-17-11-14-13-10(8-12)15(11)3/h9H,4-8,12H2,1-3H3. The molecule has 17 heavy (non-hydrogen) atoms. The molecular formula is C11H22N4OS. The van der Waals surface area contributed by atoms with Gasteiger partial charge in [-0.05, 0) is 12.3 Å². The van der Waals surface area contributed by atoms with E-state index in [0.29, 0.717) is 12.5 Å². The van der Waals surface area contributed by atoms with Crippen molar-refractivity contribution >= 4 is 11.8 Å². The monoisotopic (exact) mass is 258 g/mol. The first-order valence-corrected chi connectivity index (χ1v) is 6.92. The zero-order valence-corrected chi connectivity index (χ0v) is 11.7. The van der Waals surface area contributed by atoms with E-state index >= 15 is 0 Å². The second kappa shape index (κ2) is 7.68. The second-order valence-corrected chi connectivity index (χ2v) is 5.37. The molecule has 0 spiro atoms. The van der Waals surface area contributed by atoms with Crippen molar-refractivity contribution in [1.82, 2.24) is 14.8 Å². The summed E-state index contributed by atoms with van der Waals surface area (Å²) in [6, 6.07) is 0. The minimum atomic E-state index is 0.426. The van der Waals surface area contributed by atoms with Crippen molar-refractivity contribution in [1.29, 1.82) is 0 Å². The molecule has 1 aromatic heterocycles. The smallest absolute Gasteiger partial charge is 0.191 e. The lowest BCUT2D eigenvalue weighted by Crippen LogP contribution is -2.06. The Balaban J connectivity index is 2.16. The van der Waals surface area contributed by atoms with Gasteiger partial charge in [-0.25, -0.2) is 0 Å². The molecule has 0 fully saturated rings. The van der Waals surface area contributed by atoms with Crippen LogP contribution in [0.5, 0.6) is 0 Å². The van der Waals surface area contributed by atoms with E-state index < -0.39 is 0 Å². The Kier molecular flexibility index (Phi) is 6.54. The zero-order chi connectivity index (χ0) is 12.7. The summed E-state index contributed by atoms with van der Waals surface area (Å²) in [5.41, 5.74) is 5.53. The molecule has 5 nitrogen and oxygen atoms in total. The van der Waals surface area contributed by atoms with Crippen molar-refractivity contribution in [2.45, 2.75) is 32.0 Å². The van der Waals surface area contributed by atoms with Gasteiger partial charge in [-0.3, -0.25) is 0 Å². The van der Waals surface area contributed by atoms with Gasteiger partial charge in [0.25, 0.3) is 0 Å². The van der Waals surface area contributed by atoms with Crippen molar-refractivity contribution in [3.63, 3.8) is 0 Å². The molecule has 0 unspecified atom stereocenters. The fraction of sp³-hybridized carbons (Fsp3) is 0.818. The Bertz CT molecular complexity index is 327. The molecule has 0 aliphatic carbocycles. The third kappa shape index (κ3) is 5.06. The third-order valence-corrected chi connectivity index (χ3v) is 3.39. The number of ether oxygens (including phenoxy) is 1. The fourth-order valence-electron chi connectivity index (χ4n) is 1.26. The highest BCUT2D eigenvalue weighted by molar-refractivity contribution is 7.99. The maximum absolute atomic E-state index is 5.54. The number of thioether (sulfide) groups is 1. The van der Waals surface area contributed by atoms with Crippen molar-refractivity contribution in [3.05, 3.63) is 5.82 Å². The van der Waals surface area contributed by atoms with Crippen LogP contribution in [0.25, 0.3) is 0 Å². The minimum absolute atomic E-state index is 0.426. The average molecular weight is 258 g/mol. The molecule has 0 amide bonds. The zero-order valence-electron chi connectivity index (χ0n) is 10.8. The van der Waals surface area contributed by atoms with Gasteiger partial charge in [0.05, 0.1) is 13.2 Å². The summed E-state index contributed by atoms with van der Waals surface area (Å²) in [5.74, 6) is 2.41. The predicted octanol–water partition coefficient (Wildman–Crippen LogP) is 1.43. The van der Waals surface area contributed by atoms with E-state index in [-0.39, 0.29) is 0 Å². The van der Waals surface area contributed by atoms with Crippen molar-refractivity contribution in [3.8, 4) is 0 Å². The Morgan fingerprint density at radius 2 is 2.12 bits per heavy atom.